The molecule has 0 saturated heterocycles. The van der Waals surface area contributed by atoms with Gasteiger partial charge in [0, 0.05) is 18.9 Å². The van der Waals surface area contributed by atoms with Crippen LogP contribution in [0.1, 0.15) is 9.78 Å². The summed E-state index contributed by atoms with van der Waals surface area (Å²) in [5, 5.41) is 8.22. The number of rotatable bonds is 5. The Bertz CT molecular complexity index is 1080. The third-order valence-electron chi connectivity index (χ3n) is 3.91. The molecule has 0 fully saturated rings. The standard InChI is InChI=1S/C20H17N5OS.2H2/c1-2-27-16-11-7-6-10-14(16)15-12-22-18(21)17(23-15)20-25-24-19(26-20)13-8-4-3-5-9-13;;/h3-12H,2H2,1H3,(H2,21,22);2*1H. The summed E-state index contributed by atoms with van der Waals surface area (Å²) in [7, 11) is 0. The van der Waals surface area contributed by atoms with E-state index in [0.29, 0.717) is 11.6 Å². The fraction of sp³-hybridized carbons (Fsp3) is 0.100. The van der Waals surface area contributed by atoms with E-state index in [9.17, 15) is 0 Å². The zero-order valence-corrected chi connectivity index (χ0v) is 15.5. The van der Waals surface area contributed by atoms with Gasteiger partial charge in [0.1, 0.15) is 0 Å². The van der Waals surface area contributed by atoms with Gasteiger partial charge in [0.25, 0.3) is 5.89 Å². The van der Waals surface area contributed by atoms with Gasteiger partial charge in [-0.2, -0.15) is 0 Å². The van der Waals surface area contributed by atoms with E-state index in [1.165, 1.54) is 0 Å². The lowest BCUT2D eigenvalue weighted by atomic mass is 10.1. The van der Waals surface area contributed by atoms with Crippen LogP contribution in [0.3, 0.4) is 0 Å². The van der Waals surface area contributed by atoms with Gasteiger partial charge in [-0.25, -0.2) is 9.97 Å². The number of nitrogens with two attached hydrogens (primary N) is 1. The van der Waals surface area contributed by atoms with Crippen LogP contribution in [0.15, 0.2) is 70.1 Å². The number of nitrogen functional groups attached to an aromatic ring is 1. The molecular weight excluding hydrogens is 358 g/mol. The zero-order valence-electron chi connectivity index (χ0n) is 14.7. The minimum absolute atomic E-state index is 0. The molecule has 0 spiro atoms. The summed E-state index contributed by atoms with van der Waals surface area (Å²) in [6.45, 7) is 2.12. The van der Waals surface area contributed by atoms with E-state index in [1.807, 2.05) is 48.5 Å². The van der Waals surface area contributed by atoms with Gasteiger partial charge >= 0.3 is 0 Å². The highest BCUT2D eigenvalue weighted by Crippen LogP contribution is 2.32. The Labute approximate surface area is 163 Å². The molecule has 2 N–H and O–H groups in total. The van der Waals surface area contributed by atoms with Gasteiger partial charge < -0.3 is 10.2 Å². The highest BCUT2D eigenvalue weighted by atomic mass is 32.2. The largest absolute Gasteiger partial charge is 0.414 e. The molecule has 0 unspecified atom stereocenters. The molecule has 0 aliphatic heterocycles. The molecule has 0 saturated carbocycles. The number of thioether (sulfide) groups is 1. The SMILES string of the molecule is CCSc1ccccc1-c1cnc(N)c(-c2nnc(-c3ccccc3)o2)n1.[HH].[HH]. The van der Waals surface area contributed by atoms with Crippen LogP contribution < -0.4 is 5.73 Å². The van der Waals surface area contributed by atoms with Crippen molar-refractivity contribution in [2.24, 2.45) is 0 Å². The third-order valence-corrected chi connectivity index (χ3v) is 4.87. The summed E-state index contributed by atoms with van der Waals surface area (Å²) in [6, 6.07) is 17.6. The van der Waals surface area contributed by atoms with E-state index in [0.717, 1.165) is 27.5 Å². The van der Waals surface area contributed by atoms with Crippen LogP contribution in [-0.4, -0.2) is 25.9 Å². The molecule has 0 bridgehead atoms. The van der Waals surface area contributed by atoms with Crippen LogP contribution in [0, 0.1) is 0 Å². The molecular formula is C20H21N5OS. The van der Waals surface area contributed by atoms with E-state index in [-0.39, 0.29) is 14.6 Å². The number of nitrogens with zero attached hydrogens (tertiary/aromatic N) is 4. The number of hydrogen-bond donors (Lipinski definition) is 1. The Kier molecular flexibility index (Phi) is 4.84. The predicted molar refractivity (Wildman–Crippen MR) is 111 cm³/mol. The normalized spacial score (nSPS) is 10.9. The molecule has 0 aliphatic carbocycles. The second-order valence-electron chi connectivity index (χ2n) is 5.70. The molecule has 27 heavy (non-hydrogen) atoms. The fourth-order valence-electron chi connectivity index (χ4n) is 2.66. The van der Waals surface area contributed by atoms with Crippen LogP contribution >= 0.6 is 11.8 Å². The first-order chi connectivity index (χ1) is 13.3. The van der Waals surface area contributed by atoms with Gasteiger partial charge in [0.05, 0.1) is 11.9 Å². The first-order valence-electron chi connectivity index (χ1n) is 8.50. The van der Waals surface area contributed by atoms with Crippen molar-refractivity contribution in [2.75, 3.05) is 11.5 Å². The molecule has 0 atom stereocenters. The van der Waals surface area contributed by atoms with Crippen molar-refractivity contribution in [3.8, 4) is 34.3 Å². The average molecular weight is 379 g/mol. The molecule has 0 radical (unpaired) electrons. The van der Waals surface area contributed by atoms with Crippen LogP contribution in [-0.2, 0) is 0 Å². The summed E-state index contributed by atoms with van der Waals surface area (Å²) in [4.78, 5) is 10.1. The molecule has 2 heterocycles. The summed E-state index contributed by atoms with van der Waals surface area (Å²) in [5.41, 5.74) is 8.98. The maximum Gasteiger partial charge on any atom is 0.270 e. The van der Waals surface area contributed by atoms with Crippen LogP contribution in [0.5, 0.6) is 0 Å². The van der Waals surface area contributed by atoms with E-state index in [2.05, 4.69) is 33.2 Å². The minimum atomic E-state index is 0. The minimum Gasteiger partial charge on any atom is -0.414 e. The smallest absolute Gasteiger partial charge is 0.270 e. The van der Waals surface area contributed by atoms with E-state index < -0.39 is 0 Å². The maximum atomic E-state index is 6.04. The highest BCUT2D eigenvalue weighted by molar-refractivity contribution is 7.99. The van der Waals surface area contributed by atoms with Crippen LogP contribution in [0.2, 0.25) is 0 Å². The number of anilines is 1. The Morgan fingerprint density at radius 2 is 1.74 bits per heavy atom. The average Bonchev–Trinajstić information content (AvgIpc) is 3.20. The van der Waals surface area contributed by atoms with Gasteiger partial charge in [-0.05, 0) is 24.0 Å². The van der Waals surface area contributed by atoms with Crippen molar-refractivity contribution in [2.45, 2.75) is 11.8 Å². The Morgan fingerprint density at radius 3 is 2.56 bits per heavy atom. The predicted octanol–water partition coefficient (Wildman–Crippen LogP) is 5.05. The lowest BCUT2D eigenvalue weighted by Crippen LogP contribution is -1.99. The van der Waals surface area contributed by atoms with Gasteiger partial charge in [0.15, 0.2) is 11.5 Å². The quantitative estimate of drug-likeness (QED) is 0.485. The third kappa shape index (κ3) is 3.54. The maximum absolute atomic E-state index is 6.04. The molecule has 4 rings (SSSR count). The molecule has 0 amide bonds. The van der Waals surface area contributed by atoms with Gasteiger partial charge in [-0.1, -0.05) is 43.3 Å². The lowest BCUT2D eigenvalue weighted by Gasteiger charge is -2.09. The first-order valence-corrected chi connectivity index (χ1v) is 9.49. The van der Waals surface area contributed by atoms with E-state index in [4.69, 9.17) is 10.2 Å². The van der Waals surface area contributed by atoms with Crippen LogP contribution in [0.25, 0.3) is 34.3 Å². The first kappa shape index (κ1) is 17.2. The van der Waals surface area contributed by atoms with Crippen molar-refractivity contribution in [3.63, 3.8) is 0 Å². The van der Waals surface area contributed by atoms with E-state index in [1.54, 1.807) is 18.0 Å². The van der Waals surface area contributed by atoms with E-state index >= 15 is 0 Å². The van der Waals surface area contributed by atoms with Gasteiger partial charge in [-0.15, -0.1) is 22.0 Å². The molecule has 4 aromatic rings. The van der Waals surface area contributed by atoms with Crippen molar-refractivity contribution in [3.05, 3.63) is 60.8 Å². The Balaban J connectivity index is 0.00000150. The molecule has 2 aromatic carbocycles. The Morgan fingerprint density at radius 1 is 1.00 bits per heavy atom. The second kappa shape index (κ2) is 7.59. The van der Waals surface area contributed by atoms with Crippen molar-refractivity contribution >= 4 is 17.6 Å². The number of benzene rings is 2. The fourth-order valence-corrected chi connectivity index (χ4v) is 3.48. The summed E-state index contributed by atoms with van der Waals surface area (Å²) in [5.74, 6) is 1.89. The Hall–Kier alpha value is -3.19. The number of hydrogen-bond acceptors (Lipinski definition) is 7. The lowest BCUT2D eigenvalue weighted by molar-refractivity contribution is 0.582. The topological polar surface area (TPSA) is 90.7 Å². The monoisotopic (exact) mass is 379 g/mol. The summed E-state index contributed by atoms with van der Waals surface area (Å²) < 4.78 is 5.80. The molecule has 7 heteroatoms. The zero-order chi connectivity index (χ0) is 18.6. The van der Waals surface area contributed by atoms with Gasteiger partial charge in [-0.3, -0.25) is 0 Å². The highest BCUT2D eigenvalue weighted by Gasteiger charge is 2.17. The summed E-state index contributed by atoms with van der Waals surface area (Å²) >= 11 is 1.75. The van der Waals surface area contributed by atoms with Crippen molar-refractivity contribution in [1.82, 2.24) is 20.2 Å². The van der Waals surface area contributed by atoms with Crippen molar-refractivity contribution < 1.29 is 7.27 Å². The van der Waals surface area contributed by atoms with Crippen LogP contribution in [0.4, 0.5) is 5.82 Å². The molecule has 2 aromatic heterocycles. The molecule has 6 nitrogen and oxygen atoms in total. The summed E-state index contributed by atoms with van der Waals surface area (Å²) in [6.07, 6.45) is 1.67. The molecule has 138 valence electrons. The number of aromatic nitrogens is 4. The van der Waals surface area contributed by atoms with Crippen molar-refractivity contribution in [1.29, 1.82) is 0 Å². The molecule has 0 aliphatic rings. The van der Waals surface area contributed by atoms with Gasteiger partial charge in [0.2, 0.25) is 5.89 Å². The second-order valence-corrected chi connectivity index (χ2v) is 7.00.